The van der Waals surface area contributed by atoms with E-state index in [9.17, 15) is 0 Å². The van der Waals surface area contributed by atoms with Gasteiger partial charge in [-0.05, 0) is 58.9 Å². The lowest BCUT2D eigenvalue weighted by Gasteiger charge is -2.27. The average molecular weight is 255 g/mol. The molecule has 108 valence electrons. The van der Waals surface area contributed by atoms with Gasteiger partial charge in [0.05, 0.1) is 0 Å². The maximum atomic E-state index is 3.83. The maximum Gasteiger partial charge on any atom is 0.0169 e. The van der Waals surface area contributed by atoms with E-state index in [4.69, 9.17) is 0 Å². The van der Waals surface area contributed by atoms with E-state index >= 15 is 0 Å². The molecule has 0 radical (unpaired) electrons. The minimum atomic E-state index is 0.614. The normalized spacial score (nSPS) is 24.2. The van der Waals surface area contributed by atoms with E-state index in [-0.39, 0.29) is 0 Å². The van der Waals surface area contributed by atoms with Crippen LogP contribution in [0.15, 0.2) is 0 Å². The van der Waals surface area contributed by atoms with Crippen LogP contribution >= 0.6 is 0 Å². The quantitative estimate of drug-likeness (QED) is 0.752. The van der Waals surface area contributed by atoms with E-state index in [1.807, 2.05) is 0 Å². The molecule has 0 aromatic rings. The monoisotopic (exact) mass is 255 g/mol. The summed E-state index contributed by atoms with van der Waals surface area (Å²) in [6.07, 6.45) is 4.01. The Kier molecular flexibility index (Phi) is 7.87. The van der Waals surface area contributed by atoms with Crippen molar-refractivity contribution >= 4 is 0 Å². The Hall–Kier alpha value is -0.120. The van der Waals surface area contributed by atoms with Crippen LogP contribution in [-0.4, -0.2) is 61.2 Å². The minimum Gasteiger partial charge on any atom is -0.310 e. The van der Waals surface area contributed by atoms with Crippen LogP contribution in [-0.2, 0) is 0 Å². The Balaban J connectivity index is 2.28. The number of likely N-dealkylation sites (N-methyl/N-ethyl adjacent to an activating group) is 1. The van der Waals surface area contributed by atoms with Gasteiger partial charge in [0, 0.05) is 18.6 Å². The first-order chi connectivity index (χ1) is 8.69. The summed E-state index contributed by atoms with van der Waals surface area (Å²) in [5, 5.41) is 3.83. The van der Waals surface area contributed by atoms with Crippen LogP contribution in [0.25, 0.3) is 0 Å². The number of rotatable bonds is 7. The van der Waals surface area contributed by atoms with Gasteiger partial charge in [-0.2, -0.15) is 0 Å². The van der Waals surface area contributed by atoms with Gasteiger partial charge in [0.1, 0.15) is 0 Å². The van der Waals surface area contributed by atoms with Gasteiger partial charge < -0.3 is 15.1 Å². The van der Waals surface area contributed by atoms with Crippen LogP contribution in [0.3, 0.4) is 0 Å². The van der Waals surface area contributed by atoms with Gasteiger partial charge in [0.15, 0.2) is 0 Å². The third-order valence-electron chi connectivity index (χ3n) is 4.21. The molecule has 0 amide bonds. The fraction of sp³-hybridized carbons (Fsp3) is 1.00. The Bertz CT molecular complexity index is 204. The van der Waals surface area contributed by atoms with E-state index in [0.717, 1.165) is 19.1 Å². The first-order valence-corrected chi connectivity index (χ1v) is 7.90. The number of hydrogen-bond donors (Lipinski definition) is 1. The van der Waals surface area contributed by atoms with Gasteiger partial charge in [-0.15, -0.1) is 0 Å². The number of likely N-dealkylation sites (tertiary alicyclic amines) is 1. The molecular formula is C15H33N3. The molecule has 1 aliphatic heterocycles. The highest BCUT2D eigenvalue weighted by atomic mass is 15.2. The predicted molar refractivity (Wildman–Crippen MR) is 80.1 cm³/mol. The molecule has 1 fully saturated rings. The summed E-state index contributed by atoms with van der Waals surface area (Å²) < 4.78 is 0. The SMILES string of the molecule is CCN1CCCC(NC(C)CN(CC)CC)CC1. The molecule has 0 aliphatic carbocycles. The van der Waals surface area contributed by atoms with Crippen molar-refractivity contribution in [2.75, 3.05) is 39.3 Å². The molecule has 1 rings (SSSR count). The highest BCUT2D eigenvalue weighted by Gasteiger charge is 2.18. The third-order valence-corrected chi connectivity index (χ3v) is 4.21. The van der Waals surface area contributed by atoms with Crippen LogP contribution in [0, 0.1) is 0 Å². The zero-order valence-corrected chi connectivity index (χ0v) is 12.9. The van der Waals surface area contributed by atoms with Crippen molar-refractivity contribution in [2.45, 2.75) is 59.0 Å². The van der Waals surface area contributed by atoms with Crippen LogP contribution in [0.1, 0.15) is 47.0 Å². The zero-order valence-electron chi connectivity index (χ0n) is 12.9. The minimum absolute atomic E-state index is 0.614. The first kappa shape index (κ1) is 15.9. The van der Waals surface area contributed by atoms with Gasteiger partial charge in [0.2, 0.25) is 0 Å². The van der Waals surface area contributed by atoms with Crippen LogP contribution in [0.4, 0.5) is 0 Å². The molecule has 0 spiro atoms. The fourth-order valence-corrected chi connectivity index (χ4v) is 2.96. The largest absolute Gasteiger partial charge is 0.310 e. The topological polar surface area (TPSA) is 18.5 Å². The Morgan fingerprint density at radius 2 is 1.89 bits per heavy atom. The molecule has 18 heavy (non-hydrogen) atoms. The van der Waals surface area contributed by atoms with Crippen LogP contribution in [0.5, 0.6) is 0 Å². The van der Waals surface area contributed by atoms with Crippen molar-refractivity contribution in [1.82, 2.24) is 15.1 Å². The zero-order chi connectivity index (χ0) is 13.4. The average Bonchev–Trinajstić information content (AvgIpc) is 2.61. The second kappa shape index (κ2) is 8.89. The smallest absolute Gasteiger partial charge is 0.0169 e. The summed E-state index contributed by atoms with van der Waals surface area (Å²) in [6, 6.07) is 1.34. The molecular weight excluding hydrogens is 222 g/mol. The van der Waals surface area contributed by atoms with E-state index in [1.54, 1.807) is 0 Å². The van der Waals surface area contributed by atoms with Crippen molar-refractivity contribution in [3.8, 4) is 0 Å². The highest BCUT2D eigenvalue weighted by molar-refractivity contribution is 4.78. The lowest BCUT2D eigenvalue weighted by atomic mass is 10.1. The molecule has 1 heterocycles. The van der Waals surface area contributed by atoms with Crippen molar-refractivity contribution < 1.29 is 0 Å². The standard InChI is InChI=1S/C15H33N3/c1-5-17(6-2)13-14(4)16-15-9-8-11-18(7-3)12-10-15/h14-16H,5-13H2,1-4H3. The van der Waals surface area contributed by atoms with Gasteiger partial charge in [-0.1, -0.05) is 20.8 Å². The summed E-state index contributed by atoms with van der Waals surface area (Å²) in [4.78, 5) is 5.09. The van der Waals surface area contributed by atoms with Gasteiger partial charge in [-0.25, -0.2) is 0 Å². The molecule has 0 bridgehead atoms. The first-order valence-electron chi connectivity index (χ1n) is 7.90. The summed E-state index contributed by atoms with van der Waals surface area (Å²) in [5.41, 5.74) is 0. The van der Waals surface area contributed by atoms with E-state index in [1.165, 1.54) is 45.4 Å². The summed E-state index contributed by atoms with van der Waals surface area (Å²) in [7, 11) is 0. The van der Waals surface area contributed by atoms with E-state index in [0.29, 0.717) is 6.04 Å². The molecule has 0 aromatic carbocycles. The third kappa shape index (κ3) is 5.68. The van der Waals surface area contributed by atoms with Crippen LogP contribution < -0.4 is 5.32 Å². The molecule has 1 aliphatic rings. The molecule has 2 unspecified atom stereocenters. The molecule has 3 nitrogen and oxygen atoms in total. The number of nitrogens with one attached hydrogen (secondary N) is 1. The van der Waals surface area contributed by atoms with Crippen LogP contribution in [0.2, 0.25) is 0 Å². The molecule has 2 atom stereocenters. The summed E-state index contributed by atoms with van der Waals surface area (Å²) in [6.45, 7) is 16.4. The van der Waals surface area contributed by atoms with Crippen molar-refractivity contribution in [2.24, 2.45) is 0 Å². The van der Waals surface area contributed by atoms with Gasteiger partial charge in [-0.3, -0.25) is 0 Å². The summed E-state index contributed by atoms with van der Waals surface area (Å²) in [5.74, 6) is 0. The number of nitrogens with zero attached hydrogens (tertiary/aromatic N) is 2. The molecule has 0 aromatic heterocycles. The van der Waals surface area contributed by atoms with Crippen molar-refractivity contribution in [3.05, 3.63) is 0 Å². The molecule has 3 heteroatoms. The van der Waals surface area contributed by atoms with Crippen molar-refractivity contribution in [3.63, 3.8) is 0 Å². The lowest BCUT2D eigenvalue weighted by Crippen LogP contribution is -2.44. The predicted octanol–water partition coefficient (Wildman–Crippen LogP) is 2.18. The van der Waals surface area contributed by atoms with E-state index < -0.39 is 0 Å². The Labute approximate surface area is 114 Å². The maximum absolute atomic E-state index is 3.83. The fourth-order valence-electron chi connectivity index (χ4n) is 2.96. The second-order valence-corrected chi connectivity index (χ2v) is 5.62. The Morgan fingerprint density at radius 3 is 2.50 bits per heavy atom. The molecule has 1 saturated heterocycles. The molecule has 1 N–H and O–H groups in total. The Morgan fingerprint density at radius 1 is 1.17 bits per heavy atom. The highest BCUT2D eigenvalue weighted by Crippen LogP contribution is 2.11. The van der Waals surface area contributed by atoms with Crippen molar-refractivity contribution in [1.29, 1.82) is 0 Å². The molecule has 0 saturated carbocycles. The number of hydrogen-bond acceptors (Lipinski definition) is 3. The second-order valence-electron chi connectivity index (χ2n) is 5.62. The van der Waals surface area contributed by atoms with E-state index in [2.05, 4.69) is 42.8 Å². The van der Waals surface area contributed by atoms with Gasteiger partial charge in [0.25, 0.3) is 0 Å². The lowest BCUT2D eigenvalue weighted by molar-refractivity contribution is 0.254. The summed E-state index contributed by atoms with van der Waals surface area (Å²) >= 11 is 0. The van der Waals surface area contributed by atoms with Gasteiger partial charge >= 0.3 is 0 Å².